The number of H-pyrrole nitrogens is 1. The number of nitrogens with one attached hydrogen (secondary N) is 2. The van der Waals surface area contributed by atoms with E-state index in [2.05, 4.69) is 38.3 Å². The smallest absolute Gasteiger partial charge is 0.165 e. The van der Waals surface area contributed by atoms with Crippen LogP contribution in [0.2, 0.25) is 0 Å². The van der Waals surface area contributed by atoms with E-state index in [0.717, 1.165) is 60.3 Å². The molecule has 3 aliphatic heterocycles. The average Bonchev–Trinajstić information content (AvgIpc) is 3.61. The third-order valence-corrected chi connectivity index (χ3v) is 7.51. The van der Waals surface area contributed by atoms with Crippen LogP contribution in [-0.2, 0) is 11.3 Å². The highest BCUT2D eigenvalue weighted by Crippen LogP contribution is 2.34. The lowest BCUT2D eigenvalue weighted by atomic mass is 10.1. The molecule has 7 nitrogen and oxygen atoms in total. The molecule has 0 spiro atoms. The molecular weight excluding hydrogens is 431 g/mol. The molecule has 7 rings (SSSR count). The first-order valence-corrected chi connectivity index (χ1v) is 12.1. The van der Waals surface area contributed by atoms with Crippen molar-refractivity contribution in [1.82, 2.24) is 25.2 Å². The lowest BCUT2D eigenvalue weighted by Crippen LogP contribution is -2.42. The molecule has 174 valence electrons. The van der Waals surface area contributed by atoms with Crippen molar-refractivity contribution in [3.63, 3.8) is 0 Å². The van der Waals surface area contributed by atoms with E-state index in [4.69, 9.17) is 14.7 Å². The zero-order valence-electron chi connectivity index (χ0n) is 18.9. The first kappa shape index (κ1) is 20.3. The van der Waals surface area contributed by atoms with Gasteiger partial charge in [0.25, 0.3) is 0 Å². The standard InChI is InChI=1S/C26H27FN6O/c27-21-2-4-22-19(5-6-28-22)24(21)25-30-23-3-1-16(14-33-15-17-12-18(33)13-29-17)11-20(23)26(31-25)32-7-9-34-10-8-32/h1-6,11,17-18,28-29H,7-10,12-15H2/t17-,18-/m0/s1. The summed E-state index contributed by atoms with van der Waals surface area (Å²) in [6.45, 7) is 5.95. The van der Waals surface area contributed by atoms with Gasteiger partial charge in [0.2, 0.25) is 0 Å². The summed E-state index contributed by atoms with van der Waals surface area (Å²) in [5, 5.41) is 5.39. The molecule has 3 saturated heterocycles. The number of benzene rings is 2. The number of halogens is 1. The summed E-state index contributed by atoms with van der Waals surface area (Å²) < 4.78 is 20.7. The second kappa shape index (κ2) is 8.01. The minimum atomic E-state index is -0.311. The Balaban J connectivity index is 1.35. The van der Waals surface area contributed by atoms with Crippen molar-refractivity contribution in [2.75, 3.05) is 44.3 Å². The molecule has 3 aliphatic rings. The summed E-state index contributed by atoms with van der Waals surface area (Å²) in [5.41, 5.74) is 3.43. The number of piperazine rings is 1. The van der Waals surface area contributed by atoms with Crippen LogP contribution in [0.4, 0.5) is 10.2 Å². The Kier molecular flexibility index (Phi) is 4.78. The van der Waals surface area contributed by atoms with Crippen molar-refractivity contribution in [1.29, 1.82) is 0 Å². The fourth-order valence-corrected chi connectivity index (χ4v) is 5.80. The lowest BCUT2D eigenvalue weighted by Gasteiger charge is -2.30. The number of ether oxygens (including phenoxy) is 1. The first-order valence-electron chi connectivity index (χ1n) is 12.1. The average molecular weight is 459 g/mol. The van der Waals surface area contributed by atoms with Crippen molar-refractivity contribution >= 4 is 27.6 Å². The Morgan fingerprint density at radius 1 is 1.06 bits per heavy atom. The summed E-state index contributed by atoms with van der Waals surface area (Å²) in [6.07, 6.45) is 3.07. The molecule has 0 aliphatic carbocycles. The van der Waals surface area contributed by atoms with Gasteiger partial charge in [0.05, 0.1) is 24.3 Å². The number of nitrogens with zero attached hydrogens (tertiary/aromatic N) is 4. The third-order valence-electron chi connectivity index (χ3n) is 7.51. The van der Waals surface area contributed by atoms with Gasteiger partial charge in [-0.2, -0.15) is 0 Å². The van der Waals surface area contributed by atoms with Gasteiger partial charge in [-0.3, -0.25) is 4.90 Å². The van der Waals surface area contributed by atoms with Gasteiger partial charge in [-0.25, -0.2) is 14.4 Å². The fraction of sp³-hybridized carbons (Fsp3) is 0.385. The Morgan fingerprint density at radius 2 is 1.97 bits per heavy atom. The second-order valence-corrected chi connectivity index (χ2v) is 9.61. The van der Waals surface area contributed by atoms with E-state index in [1.165, 1.54) is 18.1 Å². The summed E-state index contributed by atoms with van der Waals surface area (Å²) in [4.78, 5) is 17.8. The van der Waals surface area contributed by atoms with Crippen LogP contribution in [0.3, 0.4) is 0 Å². The van der Waals surface area contributed by atoms with Crippen LogP contribution >= 0.6 is 0 Å². The Bertz CT molecular complexity index is 1380. The predicted molar refractivity (Wildman–Crippen MR) is 130 cm³/mol. The molecule has 2 atom stereocenters. The van der Waals surface area contributed by atoms with Gasteiger partial charge in [-0.05, 0) is 42.3 Å². The van der Waals surface area contributed by atoms with E-state index in [0.29, 0.717) is 36.7 Å². The molecule has 2 aromatic carbocycles. The molecular formula is C26H27FN6O. The topological polar surface area (TPSA) is 69.3 Å². The lowest BCUT2D eigenvalue weighted by molar-refractivity contribution is 0.122. The largest absolute Gasteiger partial charge is 0.378 e. The minimum Gasteiger partial charge on any atom is -0.378 e. The van der Waals surface area contributed by atoms with E-state index < -0.39 is 0 Å². The van der Waals surface area contributed by atoms with Crippen LogP contribution < -0.4 is 10.2 Å². The minimum absolute atomic E-state index is 0.311. The van der Waals surface area contributed by atoms with Crippen LogP contribution in [0.5, 0.6) is 0 Å². The number of fused-ring (bicyclic) bond motifs is 4. The van der Waals surface area contributed by atoms with E-state index in [1.54, 1.807) is 6.07 Å². The van der Waals surface area contributed by atoms with Crippen molar-refractivity contribution in [3.05, 3.63) is 54.0 Å². The molecule has 0 amide bonds. The number of aromatic amines is 1. The number of anilines is 1. The molecule has 2 aromatic heterocycles. The SMILES string of the molecule is Fc1ccc2[nH]ccc2c1-c1nc(N2CCOCC2)c2cc(CN3C[C@@H]4C[C@H]3CN4)ccc2n1. The van der Waals surface area contributed by atoms with E-state index in [9.17, 15) is 0 Å². The Morgan fingerprint density at radius 3 is 2.79 bits per heavy atom. The number of rotatable bonds is 4. The van der Waals surface area contributed by atoms with Crippen LogP contribution in [0.1, 0.15) is 12.0 Å². The first-order chi connectivity index (χ1) is 16.7. The van der Waals surface area contributed by atoms with E-state index in [-0.39, 0.29) is 5.82 Å². The number of morpholine rings is 1. The van der Waals surface area contributed by atoms with E-state index >= 15 is 4.39 Å². The maximum Gasteiger partial charge on any atom is 0.165 e. The van der Waals surface area contributed by atoms with Gasteiger partial charge in [-0.15, -0.1) is 0 Å². The normalized spacial score (nSPS) is 22.9. The molecule has 8 heteroatoms. The molecule has 2 N–H and O–H groups in total. The maximum absolute atomic E-state index is 15.1. The quantitative estimate of drug-likeness (QED) is 0.489. The predicted octanol–water partition coefficient (Wildman–Crippen LogP) is 3.30. The van der Waals surface area contributed by atoms with Crippen LogP contribution in [0.25, 0.3) is 33.2 Å². The van der Waals surface area contributed by atoms with Crippen molar-refractivity contribution in [3.8, 4) is 11.4 Å². The van der Waals surface area contributed by atoms with Gasteiger partial charge >= 0.3 is 0 Å². The highest BCUT2D eigenvalue weighted by molar-refractivity contribution is 5.97. The fourth-order valence-electron chi connectivity index (χ4n) is 5.80. The molecule has 0 saturated carbocycles. The number of hydrogen-bond acceptors (Lipinski definition) is 6. The van der Waals surface area contributed by atoms with Crippen molar-refractivity contribution < 1.29 is 9.13 Å². The Hall–Kier alpha value is -3.07. The summed E-state index contributed by atoms with van der Waals surface area (Å²) >= 11 is 0. The number of likely N-dealkylation sites (tertiary alicyclic amines) is 1. The molecule has 5 heterocycles. The van der Waals surface area contributed by atoms with Gasteiger partial charge in [-0.1, -0.05) is 6.07 Å². The second-order valence-electron chi connectivity index (χ2n) is 9.61. The highest BCUT2D eigenvalue weighted by Gasteiger charge is 2.37. The molecule has 3 fully saturated rings. The number of aromatic nitrogens is 3. The highest BCUT2D eigenvalue weighted by atomic mass is 19.1. The summed E-state index contributed by atoms with van der Waals surface area (Å²) in [5.74, 6) is 0.975. The molecule has 0 unspecified atom stereocenters. The van der Waals surface area contributed by atoms with Crippen LogP contribution in [0.15, 0.2) is 42.6 Å². The van der Waals surface area contributed by atoms with Crippen molar-refractivity contribution in [2.45, 2.75) is 25.0 Å². The van der Waals surface area contributed by atoms with Crippen LogP contribution in [0, 0.1) is 5.82 Å². The maximum atomic E-state index is 15.1. The monoisotopic (exact) mass is 458 g/mol. The number of hydrogen-bond donors (Lipinski definition) is 2. The van der Waals surface area contributed by atoms with Gasteiger partial charge in [0.1, 0.15) is 11.6 Å². The molecule has 0 radical (unpaired) electrons. The van der Waals surface area contributed by atoms with Gasteiger partial charge in [0.15, 0.2) is 5.82 Å². The molecule has 4 aromatic rings. The van der Waals surface area contributed by atoms with Gasteiger partial charge in [0, 0.05) is 67.3 Å². The molecule has 2 bridgehead atoms. The van der Waals surface area contributed by atoms with Crippen LogP contribution in [-0.4, -0.2) is 71.3 Å². The third kappa shape index (κ3) is 3.36. The zero-order chi connectivity index (χ0) is 22.6. The van der Waals surface area contributed by atoms with Gasteiger partial charge < -0.3 is 19.9 Å². The summed E-state index contributed by atoms with van der Waals surface area (Å²) in [7, 11) is 0. The summed E-state index contributed by atoms with van der Waals surface area (Å²) in [6, 6.07) is 12.8. The molecule has 34 heavy (non-hydrogen) atoms. The van der Waals surface area contributed by atoms with E-state index in [1.807, 2.05) is 12.3 Å². The zero-order valence-corrected chi connectivity index (χ0v) is 18.9. The van der Waals surface area contributed by atoms with Crippen molar-refractivity contribution in [2.24, 2.45) is 0 Å². The Labute approximate surface area is 196 Å².